The lowest BCUT2D eigenvalue weighted by molar-refractivity contribution is -0.385. The number of para-hydroxylation sites is 1. The van der Waals surface area contributed by atoms with E-state index >= 15 is 0 Å². The maximum absolute atomic E-state index is 12.9. The molecule has 0 unspecified atom stereocenters. The van der Waals surface area contributed by atoms with Gasteiger partial charge in [0.2, 0.25) is 5.91 Å². The molecule has 1 saturated heterocycles. The summed E-state index contributed by atoms with van der Waals surface area (Å²) in [6.45, 7) is 3.62. The molecule has 1 aliphatic rings. The molecule has 2 amide bonds. The van der Waals surface area contributed by atoms with E-state index in [4.69, 9.17) is 4.74 Å². The minimum absolute atomic E-state index is 0.00870. The third-order valence-electron chi connectivity index (χ3n) is 5.08. The van der Waals surface area contributed by atoms with E-state index in [0.717, 1.165) is 0 Å². The van der Waals surface area contributed by atoms with Crippen molar-refractivity contribution in [1.82, 2.24) is 4.90 Å². The fraction of sp³-hybridized carbons (Fsp3) is 0.286. The number of nitro groups is 1. The van der Waals surface area contributed by atoms with Gasteiger partial charge in [-0.25, -0.2) is 4.79 Å². The lowest BCUT2D eigenvalue weighted by atomic mass is 10.1. The Bertz CT molecular complexity index is 1030. The second-order valence-electron chi connectivity index (χ2n) is 6.95. The van der Waals surface area contributed by atoms with Crippen molar-refractivity contribution in [3.63, 3.8) is 0 Å². The average molecular weight is 426 g/mol. The Kier molecular flexibility index (Phi) is 6.49. The number of carbonyl (C=O) groups excluding carboxylic acids is 3. The first kappa shape index (κ1) is 21.8. The number of nitrogens with zero attached hydrogens (tertiary/aromatic N) is 3. The summed E-state index contributed by atoms with van der Waals surface area (Å²) in [6, 6.07) is 10.4. The number of methoxy groups -OCH3 is 1. The average Bonchev–Trinajstić information content (AvgIpc) is 2.78. The van der Waals surface area contributed by atoms with Gasteiger partial charge >= 0.3 is 5.97 Å². The number of hydrogen-bond donors (Lipinski definition) is 1. The van der Waals surface area contributed by atoms with Crippen LogP contribution in [0, 0.1) is 10.1 Å². The van der Waals surface area contributed by atoms with E-state index in [1.165, 1.54) is 44.4 Å². The quantitative estimate of drug-likeness (QED) is 0.442. The SMILES string of the molecule is COC(=O)c1ccc(N2CCN(C(C)=O)CC2)c(NC(=O)c2ccccc2[N+](=O)[O-])c1. The lowest BCUT2D eigenvalue weighted by Gasteiger charge is -2.36. The maximum Gasteiger partial charge on any atom is 0.337 e. The van der Waals surface area contributed by atoms with Crippen LogP contribution in [-0.2, 0) is 9.53 Å². The van der Waals surface area contributed by atoms with E-state index in [-0.39, 0.29) is 22.7 Å². The molecule has 0 aliphatic carbocycles. The Hall–Kier alpha value is -3.95. The molecule has 1 aliphatic heterocycles. The predicted octanol–water partition coefficient (Wildman–Crippen LogP) is 2.30. The number of amides is 2. The fourth-order valence-corrected chi connectivity index (χ4v) is 3.43. The second kappa shape index (κ2) is 9.24. The summed E-state index contributed by atoms with van der Waals surface area (Å²) in [4.78, 5) is 50.8. The first-order chi connectivity index (χ1) is 14.8. The molecule has 1 fully saturated rings. The van der Waals surface area contributed by atoms with Crippen LogP contribution in [0.2, 0.25) is 0 Å². The minimum atomic E-state index is -0.669. The van der Waals surface area contributed by atoms with Crippen LogP contribution in [0.3, 0.4) is 0 Å². The van der Waals surface area contributed by atoms with Crippen molar-refractivity contribution in [2.45, 2.75) is 6.92 Å². The Labute approximate surface area is 178 Å². The highest BCUT2D eigenvalue weighted by molar-refractivity contribution is 6.09. The van der Waals surface area contributed by atoms with E-state index in [9.17, 15) is 24.5 Å². The summed E-state index contributed by atoms with van der Waals surface area (Å²) in [6.07, 6.45) is 0. The highest BCUT2D eigenvalue weighted by Gasteiger charge is 2.24. The number of carbonyl (C=O) groups is 3. The van der Waals surface area contributed by atoms with E-state index in [1.54, 1.807) is 17.0 Å². The summed E-state index contributed by atoms with van der Waals surface area (Å²) in [7, 11) is 1.25. The summed E-state index contributed by atoms with van der Waals surface area (Å²) in [5, 5.41) is 14.0. The molecule has 2 aromatic carbocycles. The molecule has 0 bridgehead atoms. The van der Waals surface area contributed by atoms with Crippen LogP contribution in [-0.4, -0.2) is 60.9 Å². The summed E-state index contributed by atoms with van der Waals surface area (Å²) < 4.78 is 4.76. The first-order valence-electron chi connectivity index (χ1n) is 9.59. The van der Waals surface area contributed by atoms with E-state index < -0.39 is 16.8 Å². The normalized spacial score (nSPS) is 13.5. The van der Waals surface area contributed by atoms with E-state index in [2.05, 4.69) is 5.32 Å². The molecule has 0 saturated carbocycles. The van der Waals surface area contributed by atoms with Crippen molar-refractivity contribution in [1.29, 1.82) is 0 Å². The second-order valence-corrected chi connectivity index (χ2v) is 6.95. The molecule has 0 radical (unpaired) electrons. The maximum atomic E-state index is 12.9. The predicted molar refractivity (Wildman–Crippen MR) is 113 cm³/mol. The zero-order valence-corrected chi connectivity index (χ0v) is 17.2. The molecule has 31 heavy (non-hydrogen) atoms. The Morgan fingerprint density at radius 2 is 1.74 bits per heavy atom. The third-order valence-corrected chi connectivity index (χ3v) is 5.08. The molecule has 0 aromatic heterocycles. The monoisotopic (exact) mass is 426 g/mol. The van der Waals surface area contributed by atoms with E-state index in [0.29, 0.717) is 37.6 Å². The van der Waals surface area contributed by atoms with Crippen LogP contribution in [0.15, 0.2) is 42.5 Å². The van der Waals surface area contributed by atoms with Crippen molar-refractivity contribution in [2.24, 2.45) is 0 Å². The van der Waals surface area contributed by atoms with Crippen LogP contribution in [0.1, 0.15) is 27.6 Å². The molecule has 1 N–H and O–H groups in total. The van der Waals surface area contributed by atoms with Gasteiger partial charge in [0.25, 0.3) is 11.6 Å². The lowest BCUT2D eigenvalue weighted by Crippen LogP contribution is -2.48. The Morgan fingerprint density at radius 3 is 2.35 bits per heavy atom. The number of nitrogens with one attached hydrogen (secondary N) is 1. The number of piperazine rings is 1. The van der Waals surface area contributed by atoms with Gasteiger partial charge in [-0.2, -0.15) is 0 Å². The standard InChI is InChI=1S/C21H22N4O6/c1-14(26)23-9-11-24(12-10-23)19-8-7-15(21(28)31-2)13-17(19)22-20(27)16-5-3-4-6-18(16)25(29)30/h3-8,13H,9-12H2,1-2H3,(H,22,27). The molecule has 10 nitrogen and oxygen atoms in total. The molecular formula is C21H22N4O6. The number of anilines is 2. The van der Waals surface area contributed by atoms with E-state index in [1.807, 2.05) is 4.90 Å². The molecule has 0 spiro atoms. The highest BCUT2D eigenvalue weighted by Crippen LogP contribution is 2.30. The number of rotatable bonds is 5. The number of esters is 1. The van der Waals surface area contributed by atoms with Gasteiger partial charge < -0.3 is 19.9 Å². The smallest absolute Gasteiger partial charge is 0.337 e. The summed E-state index contributed by atoms with van der Waals surface area (Å²) in [5.41, 5.74) is 0.778. The Morgan fingerprint density at radius 1 is 1.06 bits per heavy atom. The number of benzene rings is 2. The van der Waals surface area contributed by atoms with Crippen LogP contribution in [0.4, 0.5) is 17.1 Å². The van der Waals surface area contributed by atoms with Crippen LogP contribution < -0.4 is 10.2 Å². The summed E-state index contributed by atoms with van der Waals surface area (Å²) >= 11 is 0. The van der Waals surface area contributed by atoms with Crippen molar-refractivity contribution < 1.29 is 24.0 Å². The van der Waals surface area contributed by atoms with Crippen LogP contribution in [0.25, 0.3) is 0 Å². The zero-order valence-electron chi connectivity index (χ0n) is 17.2. The molecule has 162 valence electrons. The van der Waals surface area contributed by atoms with Gasteiger partial charge in [0.1, 0.15) is 5.56 Å². The third kappa shape index (κ3) is 4.80. The summed E-state index contributed by atoms with van der Waals surface area (Å²) in [5.74, 6) is -1.25. The molecule has 3 rings (SSSR count). The van der Waals surface area contributed by atoms with Gasteiger partial charge in [0.15, 0.2) is 0 Å². The minimum Gasteiger partial charge on any atom is -0.465 e. The number of nitro benzene ring substituents is 1. The van der Waals surface area contributed by atoms with Gasteiger partial charge in [-0.3, -0.25) is 19.7 Å². The van der Waals surface area contributed by atoms with Gasteiger partial charge in [-0.15, -0.1) is 0 Å². The van der Waals surface area contributed by atoms with Gasteiger partial charge in [-0.05, 0) is 24.3 Å². The van der Waals surface area contributed by atoms with Crippen LogP contribution >= 0.6 is 0 Å². The molecule has 1 heterocycles. The van der Waals surface area contributed by atoms with Crippen molar-refractivity contribution in [3.05, 3.63) is 63.7 Å². The van der Waals surface area contributed by atoms with Gasteiger partial charge in [-0.1, -0.05) is 12.1 Å². The van der Waals surface area contributed by atoms with Gasteiger partial charge in [0, 0.05) is 39.2 Å². The molecular weight excluding hydrogens is 404 g/mol. The molecule has 0 atom stereocenters. The largest absolute Gasteiger partial charge is 0.465 e. The first-order valence-corrected chi connectivity index (χ1v) is 9.59. The fourth-order valence-electron chi connectivity index (χ4n) is 3.43. The Balaban J connectivity index is 1.93. The number of ether oxygens (including phenoxy) is 1. The zero-order chi connectivity index (χ0) is 22.5. The highest BCUT2D eigenvalue weighted by atomic mass is 16.6. The molecule has 2 aromatic rings. The van der Waals surface area contributed by atoms with Crippen molar-refractivity contribution in [2.75, 3.05) is 43.5 Å². The van der Waals surface area contributed by atoms with Crippen LogP contribution in [0.5, 0.6) is 0 Å². The number of hydrogen-bond acceptors (Lipinski definition) is 7. The van der Waals surface area contributed by atoms with Crippen molar-refractivity contribution >= 4 is 34.8 Å². The molecule has 10 heteroatoms. The van der Waals surface area contributed by atoms with Gasteiger partial charge in [0.05, 0.1) is 29.0 Å². The topological polar surface area (TPSA) is 122 Å². The van der Waals surface area contributed by atoms with Crippen molar-refractivity contribution in [3.8, 4) is 0 Å².